The normalized spacial score (nSPS) is 12.3. The van der Waals surface area contributed by atoms with E-state index in [1.807, 2.05) is 54.5 Å². The van der Waals surface area contributed by atoms with Crippen LogP contribution in [-0.2, 0) is 11.3 Å². The van der Waals surface area contributed by atoms with Gasteiger partial charge in [0, 0.05) is 31.2 Å². The Kier molecular flexibility index (Phi) is 6.00. The third-order valence-electron chi connectivity index (χ3n) is 2.92. The number of ether oxygens (including phenoxy) is 1. The highest BCUT2D eigenvalue weighted by atomic mass is 16.6. The maximum Gasteiger partial charge on any atom is 0.410 e. The largest absolute Gasteiger partial charge is 0.444 e. The number of aromatic nitrogens is 1. The minimum atomic E-state index is -0.494. The Morgan fingerprint density at radius 2 is 1.95 bits per heavy atom. The molecule has 1 heterocycles. The van der Waals surface area contributed by atoms with E-state index in [9.17, 15) is 4.79 Å². The Balaban J connectivity index is 2.50. The zero-order valence-electron chi connectivity index (χ0n) is 14.8. The molecule has 6 nitrogen and oxygen atoms in total. The second-order valence-corrected chi connectivity index (χ2v) is 7.41. The molecule has 0 atom stereocenters. The highest BCUT2D eigenvalue weighted by Crippen LogP contribution is 2.17. The first-order chi connectivity index (χ1) is 9.99. The van der Waals surface area contributed by atoms with E-state index in [0.717, 1.165) is 11.5 Å². The fraction of sp³-hybridized carbons (Fsp3) is 0.750. The lowest BCUT2D eigenvalue weighted by atomic mass is 10.1. The number of nitrogens with zero attached hydrogens (tertiary/aromatic N) is 2. The SMILES string of the molecule is Cc1cc(CNCCN(C(=O)OC(C)(C)C)C(C)(C)C)no1. The maximum absolute atomic E-state index is 12.3. The monoisotopic (exact) mass is 311 g/mol. The molecule has 0 unspecified atom stereocenters. The van der Waals surface area contributed by atoms with Crippen LogP contribution in [0.2, 0.25) is 0 Å². The number of carbonyl (C=O) groups excluding carboxylic acids is 1. The van der Waals surface area contributed by atoms with Gasteiger partial charge in [-0.05, 0) is 48.5 Å². The van der Waals surface area contributed by atoms with Crippen LogP contribution in [0.4, 0.5) is 4.79 Å². The molecule has 0 aromatic carbocycles. The van der Waals surface area contributed by atoms with Crippen LogP contribution in [0.3, 0.4) is 0 Å². The smallest absolute Gasteiger partial charge is 0.410 e. The number of aryl methyl sites for hydroxylation is 1. The topological polar surface area (TPSA) is 67.6 Å². The summed E-state index contributed by atoms with van der Waals surface area (Å²) < 4.78 is 10.5. The van der Waals surface area contributed by atoms with Gasteiger partial charge in [-0.1, -0.05) is 5.16 Å². The fourth-order valence-corrected chi connectivity index (χ4v) is 1.93. The van der Waals surface area contributed by atoms with Gasteiger partial charge in [-0.15, -0.1) is 0 Å². The van der Waals surface area contributed by atoms with Gasteiger partial charge in [0.15, 0.2) is 0 Å². The summed E-state index contributed by atoms with van der Waals surface area (Å²) >= 11 is 0. The Hall–Kier alpha value is -1.56. The van der Waals surface area contributed by atoms with Gasteiger partial charge >= 0.3 is 6.09 Å². The number of rotatable bonds is 5. The second-order valence-electron chi connectivity index (χ2n) is 7.41. The van der Waals surface area contributed by atoms with Gasteiger partial charge in [0.05, 0.1) is 5.69 Å². The highest BCUT2D eigenvalue weighted by Gasteiger charge is 2.30. The molecule has 1 rings (SSSR count). The molecule has 0 aliphatic heterocycles. The molecule has 0 aliphatic carbocycles. The van der Waals surface area contributed by atoms with Crippen molar-refractivity contribution in [3.63, 3.8) is 0 Å². The van der Waals surface area contributed by atoms with Crippen molar-refractivity contribution in [2.45, 2.75) is 66.2 Å². The lowest BCUT2D eigenvalue weighted by molar-refractivity contribution is 0.00662. The summed E-state index contributed by atoms with van der Waals surface area (Å²) in [4.78, 5) is 14.1. The van der Waals surface area contributed by atoms with Crippen LogP contribution in [0.5, 0.6) is 0 Å². The zero-order chi connectivity index (χ0) is 17.0. The van der Waals surface area contributed by atoms with Gasteiger partial charge in [0.2, 0.25) is 0 Å². The van der Waals surface area contributed by atoms with E-state index in [-0.39, 0.29) is 11.6 Å². The Morgan fingerprint density at radius 1 is 1.32 bits per heavy atom. The summed E-state index contributed by atoms with van der Waals surface area (Å²) in [6.45, 7) is 15.3. The third kappa shape index (κ3) is 6.47. The molecule has 0 bridgehead atoms. The first-order valence-electron chi connectivity index (χ1n) is 7.62. The molecular formula is C16H29N3O3. The molecule has 0 spiro atoms. The number of carbonyl (C=O) groups is 1. The van der Waals surface area contributed by atoms with Crippen molar-refractivity contribution < 1.29 is 14.1 Å². The second kappa shape index (κ2) is 7.13. The molecule has 0 saturated carbocycles. The average molecular weight is 311 g/mol. The average Bonchev–Trinajstić information content (AvgIpc) is 2.70. The quantitative estimate of drug-likeness (QED) is 0.846. The molecule has 1 aromatic rings. The standard InChI is InChI=1S/C16H29N3O3/c1-12-10-13(18-22-12)11-17-8-9-19(15(2,3)4)14(20)21-16(5,6)7/h10,17H,8-9,11H2,1-7H3. The van der Waals surface area contributed by atoms with E-state index in [1.165, 1.54) is 0 Å². The van der Waals surface area contributed by atoms with Crippen LogP contribution in [0.15, 0.2) is 10.6 Å². The molecule has 22 heavy (non-hydrogen) atoms. The highest BCUT2D eigenvalue weighted by molar-refractivity contribution is 5.69. The first-order valence-corrected chi connectivity index (χ1v) is 7.62. The number of amides is 1. The Morgan fingerprint density at radius 3 is 2.41 bits per heavy atom. The predicted octanol–water partition coefficient (Wildman–Crippen LogP) is 3.11. The van der Waals surface area contributed by atoms with Crippen molar-refractivity contribution in [2.24, 2.45) is 0 Å². The summed E-state index contributed by atoms with van der Waals surface area (Å²) in [5.74, 6) is 0.793. The molecule has 6 heteroatoms. The van der Waals surface area contributed by atoms with E-state index in [2.05, 4.69) is 10.5 Å². The van der Waals surface area contributed by atoms with Crippen molar-refractivity contribution >= 4 is 6.09 Å². The van der Waals surface area contributed by atoms with Gasteiger partial charge in [0.1, 0.15) is 11.4 Å². The molecular weight excluding hydrogens is 282 g/mol. The summed E-state index contributed by atoms with van der Waals surface area (Å²) in [7, 11) is 0. The maximum atomic E-state index is 12.3. The molecule has 0 radical (unpaired) electrons. The van der Waals surface area contributed by atoms with E-state index in [4.69, 9.17) is 9.26 Å². The minimum absolute atomic E-state index is 0.293. The van der Waals surface area contributed by atoms with Crippen molar-refractivity contribution in [1.29, 1.82) is 0 Å². The van der Waals surface area contributed by atoms with Gasteiger partial charge in [-0.25, -0.2) is 4.79 Å². The van der Waals surface area contributed by atoms with Crippen LogP contribution in [0.25, 0.3) is 0 Å². The van der Waals surface area contributed by atoms with Crippen LogP contribution >= 0.6 is 0 Å². The molecule has 1 amide bonds. The van der Waals surface area contributed by atoms with Crippen LogP contribution in [-0.4, -0.2) is 40.4 Å². The summed E-state index contributed by atoms with van der Waals surface area (Å²) in [5.41, 5.74) is 0.0675. The Labute approximate surface area is 133 Å². The van der Waals surface area contributed by atoms with Crippen LogP contribution in [0.1, 0.15) is 53.0 Å². The third-order valence-corrected chi connectivity index (χ3v) is 2.92. The number of hydrogen-bond donors (Lipinski definition) is 1. The minimum Gasteiger partial charge on any atom is -0.444 e. The van der Waals surface area contributed by atoms with Crippen LogP contribution < -0.4 is 5.32 Å². The van der Waals surface area contributed by atoms with Crippen molar-refractivity contribution in [3.05, 3.63) is 17.5 Å². The van der Waals surface area contributed by atoms with Gasteiger partial charge in [0.25, 0.3) is 0 Å². The zero-order valence-corrected chi connectivity index (χ0v) is 14.8. The first kappa shape index (κ1) is 18.5. The van der Waals surface area contributed by atoms with E-state index >= 15 is 0 Å². The molecule has 0 fully saturated rings. The fourth-order valence-electron chi connectivity index (χ4n) is 1.93. The van der Waals surface area contributed by atoms with Gasteiger partial charge in [-0.3, -0.25) is 0 Å². The van der Waals surface area contributed by atoms with E-state index < -0.39 is 5.60 Å². The lowest BCUT2D eigenvalue weighted by Gasteiger charge is -2.36. The predicted molar refractivity (Wildman–Crippen MR) is 85.6 cm³/mol. The van der Waals surface area contributed by atoms with E-state index in [1.54, 1.807) is 4.90 Å². The van der Waals surface area contributed by atoms with Crippen molar-refractivity contribution in [1.82, 2.24) is 15.4 Å². The number of nitrogens with one attached hydrogen (secondary N) is 1. The molecule has 126 valence electrons. The molecule has 1 aromatic heterocycles. The van der Waals surface area contributed by atoms with Gasteiger partial charge < -0.3 is 19.5 Å². The van der Waals surface area contributed by atoms with E-state index in [0.29, 0.717) is 19.6 Å². The van der Waals surface area contributed by atoms with Gasteiger partial charge in [-0.2, -0.15) is 0 Å². The number of hydrogen-bond acceptors (Lipinski definition) is 5. The molecule has 1 N–H and O–H groups in total. The molecule has 0 saturated heterocycles. The van der Waals surface area contributed by atoms with Crippen molar-refractivity contribution in [2.75, 3.05) is 13.1 Å². The summed E-state index contributed by atoms with van der Waals surface area (Å²) in [6.07, 6.45) is -0.293. The van der Waals surface area contributed by atoms with Crippen molar-refractivity contribution in [3.8, 4) is 0 Å². The Bertz CT molecular complexity index is 484. The molecule has 0 aliphatic rings. The summed E-state index contributed by atoms with van der Waals surface area (Å²) in [6, 6.07) is 1.89. The lowest BCUT2D eigenvalue weighted by Crippen LogP contribution is -2.50. The summed E-state index contributed by atoms with van der Waals surface area (Å²) in [5, 5.41) is 7.19. The van der Waals surface area contributed by atoms with Crippen LogP contribution in [0, 0.1) is 6.92 Å².